The number of hydrogen-bond donors (Lipinski definition) is 1. The number of carbonyl (C=O) groups excluding carboxylic acids is 1. The van der Waals surface area contributed by atoms with E-state index in [-0.39, 0.29) is 21.9 Å². The van der Waals surface area contributed by atoms with Gasteiger partial charge in [0, 0.05) is 16.1 Å². The van der Waals surface area contributed by atoms with Crippen LogP contribution in [0.4, 0.5) is 5.69 Å². The standard InChI is InChI=1S/C22H20ClNO4S/c1-14-15(2)21(12-11-20(14)28-3)29(26,27)24-19-10-9-17(23)13-18(19)22(25)16-7-5-4-6-8-16/h4-13,24H,1-3H3. The van der Waals surface area contributed by atoms with Gasteiger partial charge in [-0.1, -0.05) is 41.9 Å². The lowest BCUT2D eigenvalue weighted by atomic mass is 10.0. The molecular weight excluding hydrogens is 410 g/mol. The van der Waals surface area contributed by atoms with E-state index in [0.717, 1.165) is 5.56 Å². The fourth-order valence-corrected chi connectivity index (χ4v) is 4.57. The molecule has 0 saturated heterocycles. The third kappa shape index (κ3) is 4.28. The van der Waals surface area contributed by atoms with Crippen LogP contribution in [0.15, 0.2) is 65.6 Å². The van der Waals surface area contributed by atoms with Crippen LogP contribution in [0, 0.1) is 13.8 Å². The maximum absolute atomic E-state index is 13.1. The van der Waals surface area contributed by atoms with Crippen LogP contribution in [0.3, 0.4) is 0 Å². The highest BCUT2D eigenvalue weighted by molar-refractivity contribution is 7.92. The van der Waals surface area contributed by atoms with E-state index in [2.05, 4.69) is 4.72 Å². The number of rotatable bonds is 6. The molecule has 0 saturated carbocycles. The molecule has 5 nitrogen and oxygen atoms in total. The van der Waals surface area contributed by atoms with Crippen molar-refractivity contribution in [1.29, 1.82) is 0 Å². The molecule has 3 rings (SSSR count). The van der Waals surface area contributed by atoms with Crippen molar-refractivity contribution < 1.29 is 17.9 Å². The number of ketones is 1. The molecule has 7 heteroatoms. The fraction of sp³-hybridized carbons (Fsp3) is 0.136. The smallest absolute Gasteiger partial charge is 0.262 e. The highest BCUT2D eigenvalue weighted by atomic mass is 35.5. The topological polar surface area (TPSA) is 72.5 Å². The Morgan fingerprint density at radius 2 is 1.66 bits per heavy atom. The van der Waals surface area contributed by atoms with Gasteiger partial charge in [0.1, 0.15) is 5.75 Å². The first kappa shape index (κ1) is 20.9. The van der Waals surface area contributed by atoms with Crippen LogP contribution in [0.2, 0.25) is 5.02 Å². The maximum Gasteiger partial charge on any atom is 0.262 e. The number of carbonyl (C=O) groups is 1. The number of anilines is 1. The molecule has 0 aromatic heterocycles. The number of halogens is 1. The number of sulfonamides is 1. The zero-order valence-corrected chi connectivity index (χ0v) is 17.8. The Hall–Kier alpha value is -2.83. The molecule has 0 aliphatic carbocycles. The average Bonchev–Trinajstić information content (AvgIpc) is 2.71. The first-order chi connectivity index (χ1) is 13.7. The van der Waals surface area contributed by atoms with Crippen molar-refractivity contribution in [2.24, 2.45) is 0 Å². The second-order valence-corrected chi connectivity index (χ2v) is 8.59. The summed E-state index contributed by atoms with van der Waals surface area (Å²) in [6.45, 7) is 3.50. The molecule has 3 aromatic carbocycles. The molecule has 0 aliphatic rings. The Morgan fingerprint density at radius 1 is 0.966 bits per heavy atom. The van der Waals surface area contributed by atoms with E-state index in [9.17, 15) is 13.2 Å². The molecule has 0 spiro atoms. The minimum Gasteiger partial charge on any atom is -0.496 e. The lowest BCUT2D eigenvalue weighted by molar-refractivity contribution is 0.103. The molecule has 0 bridgehead atoms. The zero-order valence-electron chi connectivity index (χ0n) is 16.2. The molecular formula is C22H20ClNO4S. The van der Waals surface area contributed by atoms with Gasteiger partial charge in [0.2, 0.25) is 0 Å². The first-order valence-corrected chi connectivity index (χ1v) is 10.7. The number of benzene rings is 3. The van der Waals surface area contributed by atoms with Gasteiger partial charge in [-0.3, -0.25) is 9.52 Å². The minimum atomic E-state index is -3.94. The van der Waals surface area contributed by atoms with Crippen molar-refractivity contribution in [2.45, 2.75) is 18.7 Å². The molecule has 0 aliphatic heterocycles. The lowest BCUT2D eigenvalue weighted by Gasteiger charge is -2.16. The van der Waals surface area contributed by atoms with E-state index in [0.29, 0.717) is 21.9 Å². The van der Waals surface area contributed by atoms with Crippen LogP contribution < -0.4 is 9.46 Å². The van der Waals surface area contributed by atoms with Crippen LogP contribution in [0.25, 0.3) is 0 Å². The van der Waals surface area contributed by atoms with E-state index in [1.54, 1.807) is 50.2 Å². The van der Waals surface area contributed by atoms with Gasteiger partial charge in [-0.15, -0.1) is 0 Å². The van der Waals surface area contributed by atoms with Gasteiger partial charge >= 0.3 is 0 Å². The Bertz CT molecular complexity index is 1170. The predicted molar refractivity (Wildman–Crippen MR) is 115 cm³/mol. The van der Waals surface area contributed by atoms with Gasteiger partial charge in [0.05, 0.1) is 17.7 Å². The average molecular weight is 430 g/mol. The summed E-state index contributed by atoms with van der Waals surface area (Å²) in [6, 6.07) is 16.2. The number of ether oxygens (including phenoxy) is 1. The molecule has 0 amide bonds. The van der Waals surface area contributed by atoms with E-state index in [1.807, 2.05) is 0 Å². The summed E-state index contributed by atoms with van der Waals surface area (Å²) >= 11 is 6.07. The summed E-state index contributed by atoms with van der Waals surface area (Å²) in [5.41, 5.74) is 2.08. The Balaban J connectivity index is 2.05. The second-order valence-electron chi connectivity index (χ2n) is 6.51. The van der Waals surface area contributed by atoms with Gasteiger partial charge < -0.3 is 4.74 Å². The second kappa shape index (κ2) is 8.27. The largest absolute Gasteiger partial charge is 0.496 e. The van der Waals surface area contributed by atoms with Crippen LogP contribution in [0.5, 0.6) is 5.75 Å². The van der Waals surface area contributed by atoms with Crippen LogP contribution in [-0.2, 0) is 10.0 Å². The van der Waals surface area contributed by atoms with Gasteiger partial charge in [0.15, 0.2) is 5.78 Å². The van der Waals surface area contributed by atoms with E-state index < -0.39 is 10.0 Å². The summed E-state index contributed by atoms with van der Waals surface area (Å²) in [6.07, 6.45) is 0. The van der Waals surface area contributed by atoms with Crippen molar-refractivity contribution in [1.82, 2.24) is 0 Å². The molecule has 0 fully saturated rings. The summed E-state index contributed by atoms with van der Waals surface area (Å²) in [4.78, 5) is 13.1. The maximum atomic E-state index is 13.1. The Labute approximate surface area is 175 Å². The van der Waals surface area contributed by atoms with Crippen LogP contribution in [0.1, 0.15) is 27.0 Å². The third-order valence-electron chi connectivity index (χ3n) is 4.70. The fourth-order valence-electron chi connectivity index (χ4n) is 3.02. The molecule has 29 heavy (non-hydrogen) atoms. The highest BCUT2D eigenvalue weighted by Gasteiger charge is 2.23. The summed E-state index contributed by atoms with van der Waals surface area (Å²) < 4.78 is 33.9. The summed E-state index contributed by atoms with van der Waals surface area (Å²) in [5.74, 6) is 0.279. The third-order valence-corrected chi connectivity index (χ3v) is 6.45. The van der Waals surface area contributed by atoms with E-state index in [4.69, 9.17) is 16.3 Å². The van der Waals surface area contributed by atoms with Crippen molar-refractivity contribution in [2.75, 3.05) is 11.8 Å². The van der Waals surface area contributed by atoms with Crippen molar-refractivity contribution in [3.63, 3.8) is 0 Å². The quantitative estimate of drug-likeness (QED) is 0.560. The highest BCUT2D eigenvalue weighted by Crippen LogP contribution is 2.30. The number of nitrogens with one attached hydrogen (secondary N) is 1. The molecule has 0 atom stereocenters. The SMILES string of the molecule is COc1ccc(S(=O)(=O)Nc2ccc(Cl)cc2C(=O)c2ccccc2)c(C)c1C. The van der Waals surface area contributed by atoms with Gasteiger partial charge in [-0.2, -0.15) is 0 Å². The van der Waals surface area contributed by atoms with Gasteiger partial charge in [-0.05, 0) is 55.3 Å². The summed E-state index contributed by atoms with van der Waals surface area (Å²) in [5, 5.41) is 0.337. The molecule has 0 unspecified atom stereocenters. The van der Waals surface area contributed by atoms with Crippen molar-refractivity contribution >= 4 is 33.1 Å². The molecule has 150 valence electrons. The normalized spacial score (nSPS) is 11.2. The van der Waals surface area contributed by atoms with Gasteiger partial charge in [-0.25, -0.2) is 8.42 Å². The van der Waals surface area contributed by atoms with Crippen LogP contribution >= 0.6 is 11.6 Å². The Kier molecular flexibility index (Phi) is 5.96. The minimum absolute atomic E-state index is 0.115. The monoisotopic (exact) mass is 429 g/mol. The Morgan fingerprint density at radius 3 is 2.31 bits per heavy atom. The lowest BCUT2D eigenvalue weighted by Crippen LogP contribution is -2.17. The first-order valence-electron chi connectivity index (χ1n) is 8.81. The number of hydrogen-bond acceptors (Lipinski definition) is 4. The molecule has 1 N–H and O–H groups in total. The molecule has 0 heterocycles. The predicted octanol–water partition coefficient (Wildman–Crippen LogP) is 5.00. The summed E-state index contributed by atoms with van der Waals surface area (Å²) in [7, 11) is -2.41. The number of methoxy groups -OCH3 is 1. The van der Waals surface area contributed by atoms with E-state index >= 15 is 0 Å². The molecule has 3 aromatic rings. The molecule has 0 radical (unpaired) electrons. The van der Waals surface area contributed by atoms with Crippen molar-refractivity contribution in [3.05, 3.63) is 87.9 Å². The van der Waals surface area contributed by atoms with Crippen molar-refractivity contribution in [3.8, 4) is 5.75 Å². The van der Waals surface area contributed by atoms with Gasteiger partial charge in [0.25, 0.3) is 10.0 Å². The van der Waals surface area contributed by atoms with Crippen LogP contribution in [-0.4, -0.2) is 21.3 Å². The van der Waals surface area contributed by atoms with E-state index in [1.165, 1.54) is 31.4 Å². The zero-order chi connectivity index (χ0) is 21.2.